The lowest BCUT2D eigenvalue weighted by molar-refractivity contribution is 0.0108. The van der Waals surface area contributed by atoms with E-state index in [-0.39, 0.29) is 24.7 Å². The van der Waals surface area contributed by atoms with E-state index in [9.17, 15) is 20.4 Å². The largest absolute Gasteiger partial charge is 0.393 e. The average Bonchev–Trinajstić information content (AvgIpc) is 2.12. The maximum absolute atomic E-state index is 9.81. The van der Waals surface area contributed by atoms with Crippen molar-refractivity contribution in [3.63, 3.8) is 0 Å². The Morgan fingerprint density at radius 2 is 1.11 bits per heavy atom. The molecule has 0 amide bonds. The molecule has 0 spiro atoms. The molecule has 4 N–H and O–H groups in total. The molecule has 0 aliphatic carbocycles. The summed E-state index contributed by atoms with van der Waals surface area (Å²) in [5.41, 5.74) is 0.0240. The minimum Gasteiger partial charge on any atom is -0.393 e. The summed E-state index contributed by atoms with van der Waals surface area (Å²) in [7, 11) is 0. The molecule has 0 rings (SSSR count). The first-order chi connectivity index (χ1) is 8.14. The molecule has 0 saturated carbocycles. The first-order valence-electron chi connectivity index (χ1n) is 6.86. The highest BCUT2D eigenvalue weighted by atomic mass is 16.3. The summed E-state index contributed by atoms with van der Waals surface area (Å²) in [6, 6.07) is 0. The number of rotatable bonds is 8. The van der Waals surface area contributed by atoms with Crippen LogP contribution < -0.4 is 0 Å². The topological polar surface area (TPSA) is 80.9 Å². The van der Waals surface area contributed by atoms with Gasteiger partial charge in [-0.3, -0.25) is 0 Å². The van der Waals surface area contributed by atoms with E-state index in [1.807, 2.05) is 27.7 Å². The van der Waals surface area contributed by atoms with E-state index in [2.05, 4.69) is 0 Å². The van der Waals surface area contributed by atoms with Crippen LogP contribution in [0.2, 0.25) is 0 Å². The van der Waals surface area contributed by atoms with E-state index in [0.717, 1.165) is 0 Å². The highest BCUT2D eigenvalue weighted by molar-refractivity contribution is 4.74. The third-order valence-corrected chi connectivity index (χ3v) is 2.95. The third kappa shape index (κ3) is 9.83. The molecule has 4 heteroatoms. The van der Waals surface area contributed by atoms with Crippen molar-refractivity contribution >= 4 is 0 Å². The Bertz CT molecular complexity index is 212. The molecular weight excluding hydrogens is 232 g/mol. The fourth-order valence-corrected chi connectivity index (χ4v) is 2.09. The van der Waals surface area contributed by atoms with Crippen LogP contribution in [0.5, 0.6) is 0 Å². The van der Waals surface area contributed by atoms with Gasteiger partial charge in [-0.2, -0.15) is 0 Å². The van der Waals surface area contributed by atoms with Crippen molar-refractivity contribution in [3.8, 4) is 0 Å². The first kappa shape index (κ1) is 17.8. The summed E-state index contributed by atoms with van der Waals surface area (Å²) in [5, 5.41) is 38.6. The summed E-state index contributed by atoms with van der Waals surface area (Å²) in [6.07, 6.45) is -0.525. The van der Waals surface area contributed by atoms with Gasteiger partial charge in [0.05, 0.1) is 24.4 Å². The van der Waals surface area contributed by atoms with E-state index >= 15 is 0 Å². The summed E-state index contributed by atoms with van der Waals surface area (Å²) < 4.78 is 0. The quantitative estimate of drug-likeness (QED) is 0.534. The van der Waals surface area contributed by atoms with E-state index < -0.39 is 24.4 Å². The molecular formula is C14H30O4. The molecule has 0 fully saturated rings. The second-order valence-electron chi connectivity index (χ2n) is 6.50. The molecule has 0 aromatic heterocycles. The van der Waals surface area contributed by atoms with Crippen molar-refractivity contribution in [2.75, 3.05) is 0 Å². The molecule has 0 aromatic carbocycles. The van der Waals surface area contributed by atoms with Crippen LogP contribution in [0, 0.1) is 5.41 Å². The van der Waals surface area contributed by atoms with Gasteiger partial charge in [0, 0.05) is 0 Å². The van der Waals surface area contributed by atoms with E-state index in [4.69, 9.17) is 0 Å². The fourth-order valence-electron chi connectivity index (χ4n) is 2.09. The van der Waals surface area contributed by atoms with Crippen molar-refractivity contribution in [1.29, 1.82) is 0 Å². The van der Waals surface area contributed by atoms with Gasteiger partial charge in [0.2, 0.25) is 0 Å². The maximum atomic E-state index is 9.81. The smallest absolute Gasteiger partial charge is 0.0589 e. The Labute approximate surface area is 111 Å². The zero-order valence-electron chi connectivity index (χ0n) is 12.1. The fraction of sp³-hybridized carbons (Fsp3) is 1.00. The monoisotopic (exact) mass is 262 g/mol. The molecule has 4 unspecified atom stereocenters. The van der Waals surface area contributed by atoms with Crippen molar-refractivity contribution in [2.45, 2.75) is 84.2 Å². The molecule has 0 aromatic rings. The van der Waals surface area contributed by atoms with Crippen LogP contribution in [-0.4, -0.2) is 44.8 Å². The molecule has 18 heavy (non-hydrogen) atoms. The Hall–Kier alpha value is -0.160. The van der Waals surface area contributed by atoms with Crippen molar-refractivity contribution in [3.05, 3.63) is 0 Å². The highest BCUT2D eigenvalue weighted by Crippen LogP contribution is 2.23. The van der Waals surface area contributed by atoms with Crippen LogP contribution in [0.25, 0.3) is 0 Å². The van der Waals surface area contributed by atoms with E-state index in [0.29, 0.717) is 12.8 Å². The number of aliphatic hydroxyl groups excluding tert-OH is 4. The molecule has 4 nitrogen and oxygen atoms in total. The van der Waals surface area contributed by atoms with Gasteiger partial charge < -0.3 is 20.4 Å². The molecule has 4 atom stereocenters. The summed E-state index contributed by atoms with van der Waals surface area (Å²) in [5.74, 6) is 0. The SMILES string of the molecule is CCC(O)CC(O)CC(O)CC(O)CC(C)(C)C. The average molecular weight is 262 g/mol. The van der Waals surface area contributed by atoms with Crippen LogP contribution in [0.1, 0.15) is 59.8 Å². The zero-order chi connectivity index (χ0) is 14.3. The Morgan fingerprint density at radius 3 is 1.50 bits per heavy atom. The van der Waals surface area contributed by atoms with E-state index in [1.54, 1.807) is 0 Å². The first-order valence-corrected chi connectivity index (χ1v) is 6.86. The number of hydrogen-bond acceptors (Lipinski definition) is 4. The van der Waals surface area contributed by atoms with Gasteiger partial charge in [-0.1, -0.05) is 27.7 Å². The third-order valence-electron chi connectivity index (χ3n) is 2.95. The van der Waals surface area contributed by atoms with Gasteiger partial charge >= 0.3 is 0 Å². The minimum atomic E-state index is -0.721. The van der Waals surface area contributed by atoms with Crippen molar-refractivity contribution in [2.24, 2.45) is 5.41 Å². The van der Waals surface area contributed by atoms with Gasteiger partial charge in [-0.25, -0.2) is 0 Å². The number of aliphatic hydroxyl groups is 4. The summed E-state index contributed by atoms with van der Waals surface area (Å²) in [6.45, 7) is 7.96. The van der Waals surface area contributed by atoms with Gasteiger partial charge in [-0.15, -0.1) is 0 Å². The molecule has 0 saturated heterocycles. The predicted molar refractivity (Wildman–Crippen MR) is 72.2 cm³/mol. The highest BCUT2D eigenvalue weighted by Gasteiger charge is 2.21. The van der Waals surface area contributed by atoms with Crippen molar-refractivity contribution < 1.29 is 20.4 Å². The van der Waals surface area contributed by atoms with Gasteiger partial charge in [0.25, 0.3) is 0 Å². The Balaban J connectivity index is 3.92. The lowest BCUT2D eigenvalue weighted by Gasteiger charge is -2.25. The van der Waals surface area contributed by atoms with Crippen LogP contribution >= 0.6 is 0 Å². The molecule has 0 radical (unpaired) electrons. The molecule has 110 valence electrons. The predicted octanol–water partition coefficient (Wildman–Crippen LogP) is 1.45. The second kappa shape index (κ2) is 8.10. The van der Waals surface area contributed by atoms with Crippen LogP contribution in [0.3, 0.4) is 0 Å². The summed E-state index contributed by atoms with van der Waals surface area (Å²) >= 11 is 0. The van der Waals surface area contributed by atoms with Gasteiger partial charge in [0.1, 0.15) is 0 Å². The molecule has 0 aliphatic heterocycles. The van der Waals surface area contributed by atoms with Crippen LogP contribution in [0.4, 0.5) is 0 Å². The molecule has 0 bridgehead atoms. The zero-order valence-corrected chi connectivity index (χ0v) is 12.1. The number of hydrogen-bond donors (Lipinski definition) is 4. The maximum Gasteiger partial charge on any atom is 0.0589 e. The lowest BCUT2D eigenvalue weighted by Crippen LogP contribution is -2.27. The van der Waals surface area contributed by atoms with Gasteiger partial charge in [0.15, 0.2) is 0 Å². The van der Waals surface area contributed by atoms with E-state index in [1.165, 1.54) is 0 Å². The second-order valence-corrected chi connectivity index (χ2v) is 6.50. The Morgan fingerprint density at radius 1 is 0.722 bits per heavy atom. The summed E-state index contributed by atoms with van der Waals surface area (Å²) in [4.78, 5) is 0. The lowest BCUT2D eigenvalue weighted by atomic mass is 9.87. The van der Waals surface area contributed by atoms with Gasteiger partial charge in [-0.05, 0) is 37.5 Å². The standard InChI is InChI=1S/C14H30O4/c1-5-10(15)6-11(16)7-12(17)8-13(18)9-14(2,3)4/h10-13,15-18H,5-9H2,1-4H3. The minimum absolute atomic E-state index is 0.0240. The normalized spacial score (nSPS) is 19.3. The van der Waals surface area contributed by atoms with Crippen molar-refractivity contribution in [1.82, 2.24) is 0 Å². The van der Waals surface area contributed by atoms with Crippen LogP contribution in [0.15, 0.2) is 0 Å². The van der Waals surface area contributed by atoms with Crippen LogP contribution in [-0.2, 0) is 0 Å². The Kier molecular flexibility index (Phi) is 8.03. The molecule has 0 aliphatic rings. The molecule has 0 heterocycles.